The number of carbonyl (C=O) groups is 1. The normalized spacial score (nSPS) is 13.0. The molecule has 2 N–H and O–H groups in total. The average Bonchev–Trinajstić information content (AvgIpc) is 2.27. The Labute approximate surface area is 112 Å². The lowest BCUT2D eigenvalue weighted by molar-refractivity contribution is -0.115. The lowest BCUT2D eigenvalue weighted by atomic mass is 10.3. The first-order valence-corrected chi connectivity index (χ1v) is 7.79. The lowest BCUT2D eigenvalue weighted by Crippen LogP contribution is -2.38. The molecule has 1 atom stereocenters. The van der Waals surface area contributed by atoms with Gasteiger partial charge in [-0.05, 0) is 19.1 Å². The minimum atomic E-state index is -3.09. The zero-order chi connectivity index (χ0) is 14.5. The van der Waals surface area contributed by atoms with Crippen molar-refractivity contribution in [2.24, 2.45) is 0 Å². The standard InChI is InChI=1S/C12H17FN2O3S/c1-9(8-19(2,17)18)14-7-12(16)15-11-6-4-3-5-10(11)13/h3-6,9,14H,7-8H2,1-2H3,(H,15,16). The third kappa shape index (κ3) is 6.30. The van der Waals surface area contributed by atoms with E-state index in [0.717, 1.165) is 6.26 Å². The number of benzene rings is 1. The van der Waals surface area contributed by atoms with Gasteiger partial charge in [-0.3, -0.25) is 4.79 Å². The van der Waals surface area contributed by atoms with Crippen molar-refractivity contribution < 1.29 is 17.6 Å². The zero-order valence-corrected chi connectivity index (χ0v) is 11.6. The maximum atomic E-state index is 13.3. The Morgan fingerprint density at radius 3 is 2.58 bits per heavy atom. The maximum Gasteiger partial charge on any atom is 0.238 e. The van der Waals surface area contributed by atoms with E-state index in [4.69, 9.17) is 0 Å². The lowest BCUT2D eigenvalue weighted by Gasteiger charge is -2.12. The highest BCUT2D eigenvalue weighted by Crippen LogP contribution is 2.11. The second kappa shape index (κ2) is 6.63. The summed E-state index contributed by atoms with van der Waals surface area (Å²) in [5, 5.41) is 5.17. The van der Waals surface area contributed by atoms with E-state index in [9.17, 15) is 17.6 Å². The van der Waals surface area contributed by atoms with Gasteiger partial charge < -0.3 is 10.6 Å². The van der Waals surface area contributed by atoms with Crippen LogP contribution in [0.4, 0.5) is 10.1 Å². The Morgan fingerprint density at radius 1 is 1.37 bits per heavy atom. The van der Waals surface area contributed by atoms with Crippen LogP contribution in [0.15, 0.2) is 24.3 Å². The molecule has 0 radical (unpaired) electrons. The van der Waals surface area contributed by atoms with Crippen molar-refractivity contribution in [1.82, 2.24) is 5.32 Å². The van der Waals surface area contributed by atoms with E-state index >= 15 is 0 Å². The monoisotopic (exact) mass is 288 g/mol. The molecule has 1 aromatic carbocycles. The first-order chi connectivity index (χ1) is 8.78. The summed E-state index contributed by atoms with van der Waals surface area (Å²) in [6.07, 6.45) is 1.13. The van der Waals surface area contributed by atoms with Crippen LogP contribution in [0.5, 0.6) is 0 Å². The Balaban J connectivity index is 2.43. The van der Waals surface area contributed by atoms with Crippen molar-refractivity contribution in [3.63, 3.8) is 0 Å². The predicted molar refractivity (Wildman–Crippen MR) is 72.2 cm³/mol. The van der Waals surface area contributed by atoms with Gasteiger partial charge in [0.15, 0.2) is 0 Å². The molecule has 106 valence electrons. The van der Waals surface area contributed by atoms with Gasteiger partial charge in [-0.15, -0.1) is 0 Å². The molecule has 0 aliphatic rings. The highest BCUT2D eigenvalue weighted by Gasteiger charge is 2.12. The smallest absolute Gasteiger partial charge is 0.238 e. The summed E-state index contributed by atoms with van der Waals surface area (Å²) < 4.78 is 35.3. The van der Waals surface area contributed by atoms with E-state index in [2.05, 4.69) is 10.6 Å². The molecule has 0 saturated heterocycles. The Morgan fingerprint density at radius 2 is 2.00 bits per heavy atom. The quantitative estimate of drug-likeness (QED) is 0.811. The molecule has 0 spiro atoms. The van der Waals surface area contributed by atoms with Crippen LogP contribution in [-0.4, -0.2) is 38.9 Å². The number of anilines is 1. The van der Waals surface area contributed by atoms with Gasteiger partial charge in [-0.1, -0.05) is 12.1 Å². The van der Waals surface area contributed by atoms with Gasteiger partial charge in [0.1, 0.15) is 15.7 Å². The molecule has 0 aliphatic heterocycles. The van der Waals surface area contributed by atoms with Gasteiger partial charge in [-0.25, -0.2) is 12.8 Å². The van der Waals surface area contributed by atoms with Crippen molar-refractivity contribution >= 4 is 21.4 Å². The van der Waals surface area contributed by atoms with Crippen molar-refractivity contribution in [2.45, 2.75) is 13.0 Å². The highest BCUT2D eigenvalue weighted by molar-refractivity contribution is 7.90. The molecule has 0 aromatic heterocycles. The topological polar surface area (TPSA) is 75.3 Å². The number of hydrogen-bond acceptors (Lipinski definition) is 4. The van der Waals surface area contributed by atoms with Gasteiger partial charge in [-0.2, -0.15) is 0 Å². The molecule has 0 bridgehead atoms. The number of sulfone groups is 1. The fraction of sp³-hybridized carbons (Fsp3) is 0.417. The summed E-state index contributed by atoms with van der Waals surface area (Å²) in [5.41, 5.74) is 0.102. The molecular formula is C12H17FN2O3S. The van der Waals surface area contributed by atoms with E-state index in [1.54, 1.807) is 13.0 Å². The number of para-hydroxylation sites is 1. The van der Waals surface area contributed by atoms with Crippen LogP contribution in [-0.2, 0) is 14.6 Å². The molecule has 0 saturated carbocycles. The van der Waals surface area contributed by atoms with Crippen LogP contribution in [0.1, 0.15) is 6.92 Å². The summed E-state index contributed by atoms with van der Waals surface area (Å²) in [5.74, 6) is -0.995. The van der Waals surface area contributed by atoms with Crippen molar-refractivity contribution in [2.75, 3.05) is 23.9 Å². The van der Waals surface area contributed by atoms with Crippen LogP contribution < -0.4 is 10.6 Å². The summed E-state index contributed by atoms with van der Waals surface area (Å²) in [7, 11) is -3.09. The molecule has 0 heterocycles. The predicted octanol–water partition coefficient (Wildman–Crippen LogP) is 0.787. The number of hydrogen-bond donors (Lipinski definition) is 2. The first-order valence-electron chi connectivity index (χ1n) is 5.73. The Hall–Kier alpha value is -1.47. The molecule has 1 rings (SSSR count). The summed E-state index contributed by atoms with van der Waals surface area (Å²) >= 11 is 0. The van der Waals surface area contributed by atoms with Crippen LogP contribution >= 0.6 is 0 Å². The SMILES string of the molecule is CC(CS(C)(=O)=O)NCC(=O)Nc1ccccc1F. The second-order valence-corrected chi connectivity index (χ2v) is 6.59. The van der Waals surface area contributed by atoms with E-state index in [1.807, 2.05) is 0 Å². The maximum absolute atomic E-state index is 13.3. The number of rotatable bonds is 6. The van der Waals surface area contributed by atoms with E-state index in [0.29, 0.717) is 0 Å². The fourth-order valence-corrected chi connectivity index (χ4v) is 2.56. The molecular weight excluding hydrogens is 271 g/mol. The molecule has 0 aliphatic carbocycles. The first kappa shape index (κ1) is 15.6. The number of halogens is 1. The van der Waals surface area contributed by atoms with Crippen LogP contribution in [0, 0.1) is 5.82 Å². The molecule has 1 aromatic rings. The van der Waals surface area contributed by atoms with Gasteiger partial charge in [0.25, 0.3) is 0 Å². The van der Waals surface area contributed by atoms with Crippen LogP contribution in [0.25, 0.3) is 0 Å². The van der Waals surface area contributed by atoms with Gasteiger partial charge in [0.05, 0.1) is 18.0 Å². The van der Waals surface area contributed by atoms with E-state index in [1.165, 1.54) is 18.2 Å². The van der Waals surface area contributed by atoms with Crippen molar-refractivity contribution in [3.05, 3.63) is 30.1 Å². The minimum absolute atomic E-state index is 0.0556. The van der Waals surface area contributed by atoms with Gasteiger partial charge in [0, 0.05) is 12.3 Å². The van der Waals surface area contributed by atoms with Crippen molar-refractivity contribution in [3.8, 4) is 0 Å². The largest absolute Gasteiger partial charge is 0.322 e. The second-order valence-electron chi connectivity index (χ2n) is 4.40. The fourth-order valence-electron chi connectivity index (χ4n) is 1.54. The zero-order valence-electron chi connectivity index (χ0n) is 10.8. The summed E-state index contributed by atoms with van der Waals surface area (Å²) in [6, 6.07) is 5.49. The third-order valence-corrected chi connectivity index (χ3v) is 3.42. The molecule has 5 nitrogen and oxygen atoms in total. The molecule has 19 heavy (non-hydrogen) atoms. The van der Waals surface area contributed by atoms with E-state index in [-0.39, 0.29) is 24.0 Å². The Kier molecular flexibility index (Phi) is 5.44. The third-order valence-electron chi connectivity index (χ3n) is 2.31. The van der Waals surface area contributed by atoms with Crippen LogP contribution in [0.2, 0.25) is 0 Å². The van der Waals surface area contributed by atoms with E-state index < -0.39 is 21.6 Å². The average molecular weight is 288 g/mol. The van der Waals surface area contributed by atoms with Crippen molar-refractivity contribution in [1.29, 1.82) is 0 Å². The highest BCUT2D eigenvalue weighted by atomic mass is 32.2. The molecule has 1 unspecified atom stereocenters. The Bertz CT molecular complexity index is 546. The van der Waals surface area contributed by atoms with Gasteiger partial charge >= 0.3 is 0 Å². The summed E-state index contributed by atoms with van der Waals surface area (Å²) in [4.78, 5) is 11.5. The minimum Gasteiger partial charge on any atom is -0.322 e. The molecule has 0 fully saturated rings. The number of amides is 1. The number of carbonyl (C=O) groups excluding carboxylic acids is 1. The van der Waals surface area contributed by atoms with Gasteiger partial charge in [0.2, 0.25) is 5.91 Å². The summed E-state index contributed by atoms with van der Waals surface area (Å²) in [6.45, 7) is 1.59. The molecule has 1 amide bonds. The van der Waals surface area contributed by atoms with Crippen LogP contribution in [0.3, 0.4) is 0 Å². The number of nitrogens with one attached hydrogen (secondary N) is 2. The molecule has 7 heteroatoms.